The predicted octanol–water partition coefficient (Wildman–Crippen LogP) is 5.98. The molecule has 1 aliphatic carbocycles. The lowest BCUT2D eigenvalue weighted by atomic mass is 10.0. The van der Waals surface area contributed by atoms with Crippen molar-refractivity contribution in [2.75, 3.05) is 6.54 Å². The lowest BCUT2D eigenvalue weighted by Crippen LogP contribution is -2.31. The van der Waals surface area contributed by atoms with Gasteiger partial charge in [0.15, 0.2) is 0 Å². The Morgan fingerprint density at radius 3 is 2.68 bits per heavy atom. The van der Waals surface area contributed by atoms with E-state index in [-0.39, 0.29) is 12.1 Å². The van der Waals surface area contributed by atoms with E-state index in [9.17, 15) is 4.79 Å². The topological polar surface area (TPSA) is 42.4 Å². The van der Waals surface area contributed by atoms with Gasteiger partial charge < -0.3 is 9.64 Å². The van der Waals surface area contributed by atoms with E-state index in [0.717, 1.165) is 30.0 Å². The third-order valence-electron chi connectivity index (χ3n) is 5.68. The molecule has 0 N–H and O–H groups in total. The van der Waals surface area contributed by atoms with Gasteiger partial charge in [0.05, 0.1) is 6.04 Å². The first-order valence-electron chi connectivity index (χ1n) is 10.4. The molecule has 0 unspecified atom stereocenters. The van der Waals surface area contributed by atoms with Crippen LogP contribution in [0, 0.1) is 0 Å². The monoisotopic (exact) mass is 396 g/mol. The van der Waals surface area contributed by atoms with Crippen molar-refractivity contribution in [2.24, 2.45) is 0 Å². The highest BCUT2D eigenvalue weighted by molar-refractivity contribution is 7.99. The molecule has 0 spiro atoms. The molecule has 0 bridgehead atoms. The van der Waals surface area contributed by atoms with Crippen LogP contribution in [-0.4, -0.2) is 27.8 Å². The Hall–Kier alpha value is -2.01. The minimum atomic E-state index is -0.219. The van der Waals surface area contributed by atoms with Gasteiger partial charge in [0.25, 0.3) is 0 Å². The van der Waals surface area contributed by atoms with Crippen LogP contribution in [-0.2, 0) is 11.3 Å². The van der Waals surface area contributed by atoms with E-state index >= 15 is 0 Å². The summed E-state index contributed by atoms with van der Waals surface area (Å²) in [7, 11) is 0. The summed E-state index contributed by atoms with van der Waals surface area (Å²) >= 11 is 1.91. The van der Waals surface area contributed by atoms with Crippen LogP contribution in [0.3, 0.4) is 0 Å². The van der Waals surface area contributed by atoms with E-state index in [0.29, 0.717) is 11.9 Å². The number of nitrogens with zero attached hydrogens (tertiary/aromatic N) is 2. The van der Waals surface area contributed by atoms with Crippen LogP contribution in [0.4, 0.5) is 4.79 Å². The first kappa shape index (κ1) is 19.3. The Morgan fingerprint density at radius 1 is 1.04 bits per heavy atom. The molecule has 1 aromatic carbocycles. The van der Waals surface area contributed by atoms with Gasteiger partial charge in [-0.1, -0.05) is 55.7 Å². The first-order valence-corrected chi connectivity index (χ1v) is 11.3. The van der Waals surface area contributed by atoms with Gasteiger partial charge in [-0.05, 0) is 37.3 Å². The summed E-state index contributed by atoms with van der Waals surface area (Å²) in [5.41, 5.74) is 2.20. The molecule has 2 fully saturated rings. The Kier molecular flexibility index (Phi) is 6.53. The second kappa shape index (κ2) is 9.46. The molecule has 1 aliphatic heterocycles. The molecule has 4 rings (SSSR count). The second-order valence-corrected chi connectivity index (χ2v) is 8.96. The Balaban J connectivity index is 1.44. The average molecular weight is 397 g/mol. The third-order valence-corrected chi connectivity index (χ3v) is 7.05. The molecule has 1 saturated heterocycles. The number of thioether (sulfide) groups is 1. The Morgan fingerprint density at radius 2 is 1.86 bits per heavy atom. The normalized spacial score (nSPS) is 20.3. The van der Waals surface area contributed by atoms with E-state index in [1.54, 1.807) is 0 Å². The maximum atomic E-state index is 12.8. The van der Waals surface area contributed by atoms with Gasteiger partial charge in [-0.15, -0.1) is 11.8 Å². The van der Waals surface area contributed by atoms with Gasteiger partial charge in [-0.2, -0.15) is 0 Å². The van der Waals surface area contributed by atoms with E-state index in [1.807, 2.05) is 59.3 Å². The molecule has 1 aromatic heterocycles. The summed E-state index contributed by atoms with van der Waals surface area (Å²) in [6.45, 7) is 1.07. The van der Waals surface area contributed by atoms with E-state index in [2.05, 4.69) is 11.1 Å². The van der Waals surface area contributed by atoms with E-state index in [1.165, 1.54) is 37.7 Å². The lowest BCUT2D eigenvalue weighted by Gasteiger charge is -2.27. The maximum absolute atomic E-state index is 12.8. The maximum Gasteiger partial charge on any atom is 0.410 e. The number of rotatable bonds is 5. The SMILES string of the molecule is O=C(OCc1ccccc1)N1CCC[C@@H]1c1cccnc1SC1CCCCC1. The molecule has 1 saturated carbocycles. The quantitative estimate of drug-likeness (QED) is 0.623. The Labute approximate surface area is 171 Å². The van der Waals surface area contributed by atoms with Crippen molar-refractivity contribution in [1.82, 2.24) is 9.88 Å². The highest BCUT2D eigenvalue weighted by atomic mass is 32.2. The van der Waals surface area contributed by atoms with Crippen molar-refractivity contribution in [3.05, 3.63) is 59.8 Å². The molecular formula is C23H28N2O2S. The summed E-state index contributed by atoms with van der Waals surface area (Å²) in [4.78, 5) is 19.4. The van der Waals surface area contributed by atoms with Crippen LogP contribution in [0.5, 0.6) is 0 Å². The zero-order valence-corrected chi connectivity index (χ0v) is 17.1. The Bertz CT molecular complexity index is 777. The number of pyridine rings is 1. The van der Waals surface area contributed by atoms with Crippen LogP contribution in [0.15, 0.2) is 53.7 Å². The van der Waals surface area contributed by atoms with Gasteiger partial charge in [-0.3, -0.25) is 0 Å². The number of hydrogen-bond donors (Lipinski definition) is 0. The largest absolute Gasteiger partial charge is 0.445 e. The zero-order chi connectivity index (χ0) is 19.2. The highest BCUT2D eigenvalue weighted by Gasteiger charge is 2.33. The van der Waals surface area contributed by atoms with Gasteiger partial charge in [0.2, 0.25) is 0 Å². The molecule has 148 valence electrons. The molecule has 2 heterocycles. The van der Waals surface area contributed by atoms with E-state index in [4.69, 9.17) is 4.74 Å². The number of likely N-dealkylation sites (tertiary alicyclic amines) is 1. The average Bonchev–Trinajstić information content (AvgIpc) is 3.24. The van der Waals surface area contributed by atoms with Crippen LogP contribution >= 0.6 is 11.8 Å². The fraction of sp³-hybridized carbons (Fsp3) is 0.478. The molecule has 0 radical (unpaired) electrons. The number of aromatic nitrogens is 1. The van der Waals surface area contributed by atoms with Crippen LogP contribution in [0.25, 0.3) is 0 Å². The molecule has 2 aromatic rings. The smallest absolute Gasteiger partial charge is 0.410 e. The molecule has 28 heavy (non-hydrogen) atoms. The fourth-order valence-electron chi connectivity index (χ4n) is 4.21. The standard InChI is InChI=1S/C23H28N2O2S/c26-23(27-17-18-9-3-1-4-10-18)25-16-8-14-21(25)20-13-7-15-24-22(20)28-19-11-5-2-6-12-19/h1,3-4,7,9-10,13,15,19,21H,2,5-6,8,11-12,14,16-17H2/t21-/m1/s1. The summed E-state index contributed by atoms with van der Waals surface area (Å²) < 4.78 is 5.61. The molecular weight excluding hydrogens is 368 g/mol. The second-order valence-electron chi connectivity index (χ2n) is 7.67. The van der Waals surface area contributed by atoms with Gasteiger partial charge in [0, 0.05) is 23.6 Å². The third kappa shape index (κ3) is 4.69. The number of amides is 1. The molecule has 1 atom stereocenters. The van der Waals surface area contributed by atoms with Crippen LogP contribution in [0.1, 0.15) is 62.1 Å². The number of ether oxygens (including phenoxy) is 1. The number of benzene rings is 1. The van der Waals surface area contributed by atoms with Crippen molar-refractivity contribution in [2.45, 2.75) is 67.9 Å². The zero-order valence-electron chi connectivity index (χ0n) is 16.3. The number of hydrogen-bond acceptors (Lipinski definition) is 4. The summed E-state index contributed by atoms with van der Waals surface area (Å²) in [6, 6.07) is 14.1. The van der Waals surface area contributed by atoms with Crippen LogP contribution in [0.2, 0.25) is 0 Å². The first-order chi connectivity index (χ1) is 13.8. The van der Waals surface area contributed by atoms with Crippen molar-refractivity contribution in [3.8, 4) is 0 Å². The lowest BCUT2D eigenvalue weighted by molar-refractivity contribution is 0.0916. The summed E-state index contributed by atoms with van der Waals surface area (Å²) in [6.07, 6.45) is 10.2. The highest BCUT2D eigenvalue weighted by Crippen LogP contribution is 2.40. The molecule has 1 amide bonds. The minimum Gasteiger partial charge on any atom is -0.445 e. The summed E-state index contributed by atoms with van der Waals surface area (Å²) in [5, 5.41) is 1.75. The van der Waals surface area contributed by atoms with Gasteiger partial charge >= 0.3 is 6.09 Å². The number of carbonyl (C=O) groups is 1. The molecule has 4 nitrogen and oxygen atoms in total. The predicted molar refractivity (Wildman–Crippen MR) is 112 cm³/mol. The van der Waals surface area contributed by atoms with E-state index < -0.39 is 0 Å². The van der Waals surface area contributed by atoms with Crippen molar-refractivity contribution >= 4 is 17.9 Å². The summed E-state index contributed by atoms with van der Waals surface area (Å²) in [5.74, 6) is 0. The van der Waals surface area contributed by atoms with Crippen molar-refractivity contribution < 1.29 is 9.53 Å². The molecule has 5 heteroatoms. The van der Waals surface area contributed by atoms with Crippen molar-refractivity contribution in [3.63, 3.8) is 0 Å². The van der Waals surface area contributed by atoms with Gasteiger partial charge in [0.1, 0.15) is 11.6 Å². The number of carbonyl (C=O) groups excluding carboxylic acids is 1. The van der Waals surface area contributed by atoms with Crippen molar-refractivity contribution in [1.29, 1.82) is 0 Å². The minimum absolute atomic E-state index is 0.0723. The molecule has 2 aliphatic rings. The van der Waals surface area contributed by atoms with Crippen LogP contribution < -0.4 is 0 Å². The fourth-order valence-corrected chi connectivity index (χ4v) is 5.55. The van der Waals surface area contributed by atoms with Gasteiger partial charge in [-0.25, -0.2) is 9.78 Å².